The fraction of sp³-hybridized carbons (Fsp3) is 0.611. The molecule has 0 spiro atoms. The highest BCUT2D eigenvalue weighted by atomic mass is 15.1. The molecule has 0 radical (unpaired) electrons. The highest BCUT2D eigenvalue weighted by Crippen LogP contribution is 2.39. The van der Waals surface area contributed by atoms with Crippen molar-refractivity contribution in [2.75, 3.05) is 0 Å². The summed E-state index contributed by atoms with van der Waals surface area (Å²) < 4.78 is 2.36. The molecule has 0 aliphatic heterocycles. The Morgan fingerprint density at radius 2 is 1.95 bits per heavy atom. The predicted molar refractivity (Wildman–Crippen MR) is 88.1 cm³/mol. The number of hydrogen-bond donors (Lipinski definition) is 1. The number of rotatable bonds is 4. The van der Waals surface area contributed by atoms with E-state index < -0.39 is 0 Å². The highest BCUT2D eigenvalue weighted by Gasteiger charge is 2.36. The first-order chi connectivity index (χ1) is 10.2. The van der Waals surface area contributed by atoms with E-state index in [2.05, 4.69) is 42.7 Å². The minimum absolute atomic E-state index is 0.236. The van der Waals surface area contributed by atoms with Gasteiger partial charge >= 0.3 is 0 Å². The summed E-state index contributed by atoms with van der Waals surface area (Å²) in [7, 11) is 0. The van der Waals surface area contributed by atoms with Gasteiger partial charge in [-0.1, -0.05) is 32.4 Å². The Balaban J connectivity index is 2.01. The molecule has 3 rings (SSSR count). The van der Waals surface area contributed by atoms with E-state index in [9.17, 15) is 0 Å². The molecule has 3 heteroatoms. The standard InChI is InChI=1S/C18H27N3/c1-3-13-21-16-8-6-5-7-15(16)20-17(21)18(19)11-9-14(4-2)10-12-18/h5-8,14H,3-4,9-13,19H2,1-2H3. The summed E-state index contributed by atoms with van der Waals surface area (Å²) in [6.45, 7) is 5.52. The monoisotopic (exact) mass is 285 g/mol. The lowest BCUT2D eigenvalue weighted by Gasteiger charge is -2.36. The number of aryl methyl sites for hydroxylation is 1. The Labute approximate surface area is 127 Å². The first-order valence-corrected chi connectivity index (χ1v) is 8.42. The maximum atomic E-state index is 6.81. The number of imidazole rings is 1. The summed E-state index contributed by atoms with van der Waals surface area (Å²) in [6.07, 6.45) is 7.00. The van der Waals surface area contributed by atoms with Crippen molar-refractivity contribution in [3.8, 4) is 0 Å². The molecule has 2 aromatic rings. The van der Waals surface area contributed by atoms with Gasteiger partial charge in [0.15, 0.2) is 0 Å². The third-order valence-corrected chi connectivity index (χ3v) is 5.12. The first kappa shape index (κ1) is 14.6. The molecule has 0 atom stereocenters. The third kappa shape index (κ3) is 2.59. The van der Waals surface area contributed by atoms with Gasteiger partial charge in [-0.15, -0.1) is 0 Å². The molecule has 0 saturated heterocycles. The van der Waals surface area contributed by atoms with Crippen LogP contribution in [0.25, 0.3) is 11.0 Å². The quantitative estimate of drug-likeness (QED) is 0.915. The lowest BCUT2D eigenvalue weighted by atomic mass is 9.75. The Morgan fingerprint density at radius 3 is 2.62 bits per heavy atom. The van der Waals surface area contributed by atoms with Crippen LogP contribution in [0.1, 0.15) is 58.2 Å². The Kier molecular flexibility index (Phi) is 4.03. The summed E-state index contributed by atoms with van der Waals surface area (Å²) in [5, 5.41) is 0. The van der Waals surface area contributed by atoms with E-state index in [0.717, 1.165) is 43.1 Å². The minimum atomic E-state index is -0.236. The molecule has 1 saturated carbocycles. The van der Waals surface area contributed by atoms with Gasteiger partial charge in [-0.25, -0.2) is 4.98 Å². The molecule has 2 N–H and O–H groups in total. The number of hydrogen-bond acceptors (Lipinski definition) is 2. The highest BCUT2D eigenvalue weighted by molar-refractivity contribution is 5.76. The van der Waals surface area contributed by atoms with Crippen LogP contribution in [0.5, 0.6) is 0 Å². The molecular formula is C18H27N3. The maximum absolute atomic E-state index is 6.81. The predicted octanol–water partition coefficient (Wildman–Crippen LogP) is 4.20. The number of aromatic nitrogens is 2. The number of fused-ring (bicyclic) bond motifs is 1. The molecule has 114 valence electrons. The van der Waals surface area contributed by atoms with E-state index in [4.69, 9.17) is 10.7 Å². The molecule has 1 heterocycles. The van der Waals surface area contributed by atoms with Gasteiger partial charge in [0.2, 0.25) is 0 Å². The SMILES string of the molecule is CCCn1c(C2(N)CCC(CC)CC2)nc2ccccc21. The fourth-order valence-corrected chi connectivity index (χ4v) is 3.73. The molecule has 1 aromatic carbocycles. The van der Waals surface area contributed by atoms with Crippen molar-refractivity contribution in [1.82, 2.24) is 9.55 Å². The molecule has 0 unspecified atom stereocenters. The largest absolute Gasteiger partial charge is 0.326 e. The van der Waals surface area contributed by atoms with Gasteiger partial charge in [0.05, 0.1) is 16.6 Å². The number of nitrogens with zero attached hydrogens (tertiary/aromatic N) is 2. The molecule has 1 aromatic heterocycles. The fourth-order valence-electron chi connectivity index (χ4n) is 3.73. The van der Waals surface area contributed by atoms with Crippen LogP contribution in [0.4, 0.5) is 0 Å². The van der Waals surface area contributed by atoms with Crippen LogP contribution in [-0.4, -0.2) is 9.55 Å². The second-order valence-electron chi connectivity index (χ2n) is 6.58. The van der Waals surface area contributed by atoms with Crippen molar-refractivity contribution in [1.29, 1.82) is 0 Å². The van der Waals surface area contributed by atoms with E-state index in [1.165, 1.54) is 24.8 Å². The van der Waals surface area contributed by atoms with Gasteiger partial charge in [0.25, 0.3) is 0 Å². The molecule has 1 aliphatic carbocycles. The van der Waals surface area contributed by atoms with Gasteiger partial charge in [-0.3, -0.25) is 0 Å². The van der Waals surface area contributed by atoms with Gasteiger partial charge in [0.1, 0.15) is 5.82 Å². The first-order valence-electron chi connectivity index (χ1n) is 8.42. The second kappa shape index (κ2) is 5.80. The van der Waals surface area contributed by atoms with Crippen molar-refractivity contribution in [2.45, 2.75) is 64.5 Å². The third-order valence-electron chi connectivity index (χ3n) is 5.12. The second-order valence-corrected chi connectivity index (χ2v) is 6.58. The van der Waals surface area contributed by atoms with Gasteiger partial charge in [0, 0.05) is 6.54 Å². The van der Waals surface area contributed by atoms with Gasteiger partial charge in [-0.2, -0.15) is 0 Å². The van der Waals surface area contributed by atoms with E-state index in [1.807, 2.05) is 0 Å². The molecule has 21 heavy (non-hydrogen) atoms. The van der Waals surface area contributed by atoms with Crippen LogP contribution in [-0.2, 0) is 12.1 Å². The summed E-state index contributed by atoms with van der Waals surface area (Å²) in [4.78, 5) is 4.92. The van der Waals surface area contributed by atoms with Crippen LogP contribution < -0.4 is 5.73 Å². The molecule has 1 fully saturated rings. The van der Waals surface area contributed by atoms with Crippen molar-refractivity contribution in [3.63, 3.8) is 0 Å². The van der Waals surface area contributed by atoms with Crippen LogP contribution in [0, 0.1) is 5.92 Å². The zero-order chi connectivity index (χ0) is 14.9. The number of benzene rings is 1. The minimum Gasteiger partial charge on any atom is -0.326 e. The smallest absolute Gasteiger partial charge is 0.130 e. The van der Waals surface area contributed by atoms with Crippen LogP contribution >= 0.6 is 0 Å². The Morgan fingerprint density at radius 1 is 1.24 bits per heavy atom. The average Bonchev–Trinajstić information content (AvgIpc) is 2.88. The van der Waals surface area contributed by atoms with Crippen molar-refractivity contribution in [2.24, 2.45) is 11.7 Å². The topological polar surface area (TPSA) is 43.8 Å². The van der Waals surface area contributed by atoms with Crippen LogP contribution in [0.15, 0.2) is 24.3 Å². The lowest BCUT2D eigenvalue weighted by molar-refractivity contribution is 0.217. The van der Waals surface area contributed by atoms with E-state index >= 15 is 0 Å². The lowest BCUT2D eigenvalue weighted by Crippen LogP contribution is -2.42. The molecule has 3 nitrogen and oxygen atoms in total. The van der Waals surface area contributed by atoms with E-state index in [1.54, 1.807) is 0 Å². The molecular weight excluding hydrogens is 258 g/mol. The van der Waals surface area contributed by atoms with Gasteiger partial charge < -0.3 is 10.3 Å². The maximum Gasteiger partial charge on any atom is 0.130 e. The van der Waals surface area contributed by atoms with Crippen molar-refractivity contribution < 1.29 is 0 Å². The van der Waals surface area contributed by atoms with Gasteiger partial charge in [-0.05, 0) is 50.2 Å². The summed E-state index contributed by atoms with van der Waals surface area (Å²) >= 11 is 0. The molecule has 0 amide bonds. The number of para-hydroxylation sites is 2. The average molecular weight is 285 g/mol. The van der Waals surface area contributed by atoms with Crippen LogP contribution in [0.2, 0.25) is 0 Å². The number of nitrogens with two attached hydrogens (primary N) is 1. The normalized spacial score (nSPS) is 26.3. The Bertz CT molecular complexity index is 606. The van der Waals surface area contributed by atoms with E-state index in [0.29, 0.717) is 0 Å². The zero-order valence-electron chi connectivity index (χ0n) is 13.3. The molecule has 1 aliphatic rings. The van der Waals surface area contributed by atoms with Crippen LogP contribution in [0.3, 0.4) is 0 Å². The van der Waals surface area contributed by atoms with Crippen molar-refractivity contribution in [3.05, 3.63) is 30.1 Å². The van der Waals surface area contributed by atoms with E-state index in [-0.39, 0.29) is 5.54 Å². The summed E-state index contributed by atoms with van der Waals surface area (Å²) in [6, 6.07) is 8.43. The molecule has 0 bridgehead atoms. The summed E-state index contributed by atoms with van der Waals surface area (Å²) in [5.74, 6) is 1.96. The van der Waals surface area contributed by atoms with Crippen molar-refractivity contribution >= 4 is 11.0 Å². The zero-order valence-corrected chi connectivity index (χ0v) is 13.3. The summed E-state index contributed by atoms with van der Waals surface area (Å²) in [5.41, 5.74) is 8.89. The Hall–Kier alpha value is -1.35.